The Hall–Kier alpha value is -4.11. The van der Waals surface area contributed by atoms with Crippen LogP contribution in [0.25, 0.3) is 10.9 Å². The van der Waals surface area contributed by atoms with Crippen LogP contribution in [-0.2, 0) is 13.1 Å². The number of H-pyrrole nitrogens is 1. The highest BCUT2D eigenvalue weighted by Gasteiger charge is 2.33. The lowest BCUT2D eigenvalue weighted by Crippen LogP contribution is -2.35. The molecule has 0 aliphatic heterocycles. The minimum absolute atomic E-state index is 0.145. The highest BCUT2D eigenvalue weighted by molar-refractivity contribution is 5.83. The van der Waals surface area contributed by atoms with Crippen LogP contribution in [0.15, 0.2) is 70.3 Å². The van der Waals surface area contributed by atoms with Crippen molar-refractivity contribution < 1.29 is 4.42 Å². The number of aromatic amines is 1. The van der Waals surface area contributed by atoms with Gasteiger partial charge in [0.2, 0.25) is 0 Å². The number of nitrogens with zero attached hydrogens (tertiary/aromatic N) is 6. The van der Waals surface area contributed by atoms with E-state index in [1.807, 2.05) is 48.1 Å². The van der Waals surface area contributed by atoms with Gasteiger partial charge in [-0.25, -0.2) is 4.68 Å². The van der Waals surface area contributed by atoms with E-state index in [0.717, 1.165) is 59.0 Å². The van der Waals surface area contributed by atoms with E-state index in [4.69, 9.17) is 4.42 Å². The Kier molecular flexibility index (Phi) is 7.06. The molecule has 0 saturated heterocycles. The molecule has 39 heavy (non-hydrogen) atoms. The van der Waals surface area contributed by atoms with Gasteiger partial charge in [-0.2, -0.15) is 0 Å². The molecular formula is C30H33N7O2. The number of tetrazole rings is 1. The van der Waals surface area contributed by atoms with Crippen molar-refractivity contribution in [3.63, 3.8) is 0 Å². The summed E-state index contributed by atoms with van der Waals surface area (Å²) in [7, 11) is 0. The summed E-state index contributed by atoms with van der Waals surface area (Å²) in [5, 5.41) is 14.2. The molecule has 1 atom stereocenters. The summed E-state index contributed by atoms with van der Waals surface area (Å²) in [5.41, 5.74) is 4.52. The first-order chi connectivity index (χ1) is 19.1. The fraction of sp³-hybridized carbons (Fsp3) is 0.367. The largest absolute Gasteiger partial charge is 0.468 e. The second kappa shape index (κ2) is 10.9. The number of nitrogens with one attached hydrogen (secondary N) is 1. The van der Waals surface area contributed by atoms with Gasteiger partial charge in [0.05, 0.1) is 24.4 Å². The van der Waals surface area contributed by atoms with Gasteiger partial charge in [0.25, 0.3) is 5.56 Å². The minimum Gasteiger partial charge on any atom is -0.468 e. The molecule has 1 N–H and O–H groups in total. The smallest absolute Gasteiger partial charge is 0.253 e. The van der Waals surface area contributed by atoms with E-state index in [-0.39, 0.29) is 11.6 Å². The maximum atomic E-state index is 13.9. The Morgan fingerprint density at radius 2 is 1.97 bits per heavy atom. The molecule has 0 amide bonds. The van der Waals surface area contributed by atoms with Crippen LogP contribution in [0.2, 0.25) is 0 Å². The van der Waals surface area contributed by atoms with Crippen molar-refractivity contribution in [1.29, 1.82) is 0 Å². The van der Waals surface area contributed by atoms with Crippen molar-refractivity contribution in [3.8, 4) is 0 Å². The molecule has 6 rings (SSSR count). The predicted molar refractivity (Wildman–Crippen MR) is 148 cm³/mol. The minimum atomic E-state index is -0.513. The van der Waals surface area contributed by atoms with Gasteiger partial charge in [0.1, 0.15) is 11.8 Å². The van der Waals surface area contributed by atoms with E-state index >= 15 is 0 Å². The van der Waals surface area contributed by atoms with Crippen molar-refractivity contribution in [2.24, 2.45) is 0 Å². The molecule has 1 unspecified atom stereocenters. The first-order valence-corrected chi connectivity index (χ1v) is 13.6. The molecule has 9 nitrogen and oxygen atoms in total. The first kappa shape index (κ1) is 25.2. The molecule has 200 valence electrons. The van der Waals surface area contributed by atoms with Crippen molar-refractivity contribution in [2.45, 2.75) is 71.1 Å². The highest BCUT2D eigenvalue weighted by Crippen LogP contribution is 2.34. The van der Waals surface area contributed by atoms with Crippen LogP contribution in [0.5, 0.6) is 0 Å². The zero-order valence-corrected chi connectivity index (χ0v) is 22.4. The molecular weight excluding hydrogens is 490 g/mol. The maximum absolute atomic E-state index is 13.9. The molecule has 4 aromatic heterocycles. The van der Waals surface area contributed by atoms with Crippen LogP contribution in [0, 0.1) is 13.8 Å². The van der Waals surface area contributed by atoms with Crippen LogP contribution in [0.1, 0.15) is 78.0 Å². The van der Waals surface area contributed by atoms with Gasteiger partial charge in [-0.15, -0.1) is 5.10 Å². The summed E-state index contributed by atoms with van der Waals surface area (Å²) in [6, 6.07) is 13.7. The third-order valence-electron chi connectivity index (χ3n) is 7.71. The number of hydrogen-bond donors (Lipinski definition) is 1. The Balaban J connectivity index is 1.54. The van der Waals surface area contributed by atoms with Gasteiger partial charge in [-0.05, 0) is 84.0 Å². The zero-order valence-electron chi connectivity index (χ0n) is 22.4. The van der Waals surface area contributed by atoms with Crippen molar-refractivity contribution >= 4 is 10.9 Å². The average molecular weight is 524 g/mol. The van der Waals surface area contributed by atoms with Crippen LogP contribution in [0.4, 0.5) is 0 Å². The second-order valence-electron chi connectivity index (χ2n) is 10.6. The topological polar surface area (TPSA) is 106 Å². The van der Waals surface area contributed by atoms with Gasteiger partial charge >= 0.3 is 0 Å². The Morgan fingerprint density at radius 1 is 1.10 bits per heavy atom. The average Bonchev–Trinajstić information content (AvgIpc) is 3.63. The van der Waals surface area contributed by atoms with Crippen molar-refractivity contribution in [2.75, 3.05) is 0 Å². The molecule has 0 radical (unpaired) electrons. The number of aryl methyl sites for hydroxylation is 2. The van der Waals surface area contributed by atoms with E-state index in [1.165, 1.54) is 6.42 Å². The second-order valence-corrected chi connectivity index (χ2v) is 10.6. The lowest BCUT2D eigenvalue weighted by Gasteiger charge is -2.32. The zero-order chi connectivity index (χ0) is 26.8. The predicted octanol–water partition coefficient (Wildman–Crippen LogP) is 5.42. The van der Waals surface area contributed by atoms with Gasteiger partial charge in [0.15, 0.2) is 5.82 Å². The molecule has 1 saturated carbocycles. The van der Waals surface area contributed by atoms with E-state index in [9.17, 15) is 4.79 Å². The summed E-state index contributed by atoms with van der Waals surface area (Å²) in [6.07, 6.45) is 10.9. The number of rotatable bonds is 8. The summed E-state index contributed by atoms with van der Waals surface area (Å²) in [5.74, 6) is 1.47. The van der Waals surface area contributed by atoms with Gasteiger partial charge in [0, 0.05) is 24.5 Å². The number of hydrogen-bond acceptors (Lipinski definition) is 7. The number of fused-ring (bicyclic) bond motifs is 1. The molecule has 0 spiro atoms. The number of benzene rings is 1. The lowest BCUT2D eigenvalue weighted by atomic mass is 9.94. The van der Waals surface area contributed by atoms with E-state index in [1.54, 1.807) is 12.5 Å². The Labute approximate surface area is 226 Å². The summed E-state index contributed by atoms with van der Waals surface area (Å²) >= 11 is 0. The molecule has 1 aliphatic rings. The van der Waals surface area contributed by atoms with Crippen LogP contribution in [0.3, 0.4) is 0 Å². The number of furan rings is 1. The number of aromatic nitrogens is 6. The van der Waals surface area contributed by atoms with Crippen molar-refractivity contribution in [1.82, 2.24) is 35.1 Å². The normalized spacial score (nSPS) is 15.3. The Morgan fingerprint density at radius 3 is 2.74 bits per heavy atom. The fourth-order valence-electron chi connectivity index (χ4n) is 5.94. The summed E-state index contributed by atoms with van der Waals surface area (Å²) < 4.78 is 7.75. The molecule has 9 heteroatoms. The highest BCUT2D eigenvalue weighted by atomic mass is 16.3. The van der Waals surface area contributed by atoms with E-state index < -0.39 is 6.04 Å². The van der Waals surface area contributed by atoms with Crippen molar-refractivity contribution in [3.05, 3.63) is 105 Å². The maximum Gasteiger partial charge on any atom is 0.253 e. The molecule has 0 bridgehead atoms. The molecule has 1 fully saturated rings. The van der Waals surface area contributed by atoms with E-state index in [0.29, 0.717) is 24.5 Å². The first-order valence-electron chi connectivity index (χ1n) is 13.6. The van der Waals surface area contributed by atoms with Crippen LogP contribution < -0.4 is 5.56 Å². The van der Waals surface area contributed by atoms with Gasteiger partial charge in [-0.1, -0.05) is 37.0 Å². The quantitative estimate of drug-likeness (QED) is 0.290. The fourth-order valence-corrected chi connectivity index (χ4v) is 5.94. The van der Waals surface area contributed by atoms with E-state index in [2.05, 4.69) is 49.4 Å². The number of pyridine rings is 2. The monoisotopic (exact) mass is 523 g/mol. The summed E-state index contributed by atoms with van der Waals surface area (Å²) in [6.45, 7) is 5.09. The molecule has 1 aromatic carbocycles. The summed E-state index contributed by atoms with van der Waals surface area (Å²) in [4.78, 5) is 23.6. The third kappa shape index (κ3) is 5.27. The standard InChI is InChI=1S/C30H33N7O2/c1-20-14-21(2)27-23(15-20)16-26(30(38)32-27)28(29-33-34-35-37(29)24-9-4-3-5-10-24)36(19-25-11-7-13-39-25)18-22-8-6-12-31-17-22/h6-8,11-17,24,28H,3-5,9-10,18-19H2,1-2H3,(H,32,38). The van der Waals surface area contributed by atoms with Crippen LogP contribution >= 0.6 is 0 Å². The van der Waals surface area contributed by atoms with Gasteiger partial charge in [-0.3, -0.25) is 14.7 Å². The lowest BCUT2D eigenvalue weighted by molar-refractivity contribution is 0.173. The molecule has 4 heterocycles. The molecule has 1 aliphatic carbocycles. The SMILES string of the molecule is Cc1cc(C)c2[nH]c(=O)c(C(c3nnnn3C3CCCCC3)N(Cc3cccnc3)Cc3ccco3)cc2c1. The van der Waals surface area contributed by atoms with Gasteiger partial charge < -0.3 is 9.40 Å². The third-order valence-corrected chi connectivity index (χ3v) is 7.71. The molecule has 5 aromatic rings. The Bertz CT molecular complexity index is 1600. The van der Waals surface area contributed by atoms with Crippen LogP contribution in [-0.4, -0.2) is 35.1 Å².